The van der Waals surface area contributed by atoms with E-state index in [1.165, 1.54) is 28.5 Å². The zero-order valence-corrected chi connectivity index (χ0v) is 26.6. The van der Waals surface area contributed by atoms with Gasteiger partial charge in [-0.15, -0.1) is 5.10 Å². The molecular weight excluding hydrogens is 612 g/mol. The van der Waals surface area contributed by atoms with Crippen LogP contribution in [0.4, 0.5) is 26.0 Å². The second kappa shape index (κ2) is 10.6. The first-order chi connectivity index (χ1) is 23.3. The summed E-state index contributed by atoms with van der Waals surface area (Å²) in [5, 5.41) is 12.3. The SMILES string of the molecule is C=CC(=O)N1CCN(C2=NC3=C4CC4C(C)c4cccc5c4N3c3nc(c(F)cc32)-c2c(F)cccc2-n2cc(nn2)CCN5)[C@@H](C)C1. The minimum absolute atomic E-state index is 0.00798. The fraction of sp³-hybridized carbons (Fsp3) is 0.306. The van der Waals surface area contributed by atoms with E-state index in [1.807, 2.05) is 13.0 Å². The van der Waals surface area contributed by atoms with Crippen molar-refractivity contribution < 1.29 is 13.6 Å². The number of piperazine rings is 1. The van der Waals surface area contributed by atoms with Gasteiger partial charge in [-0.05, 0) is 66.7 Å². The highest BCUT2D eigenvalue weighted by Gasteiger charge is 2.48. The largest absolute Gasteiger partial charge is 0.383 e. The molecule has 2 aromatic carbocycles. The van der Waals surface area contributed by atoms with Crippen molar-refractivity contribution in [3.05, 3.63) is 101 Å². The fourth-order valence-electron chi connectivity index (χ4n) is 7.79. The number of carbonyl (C=O) groups excluding carboxylic acids is 1. The Morgan fingerprint density at radius 3 is 2.79 bits per heavy atom. The molecule has 5 aliphatic rings. The number of allylic oxidation sites excluding steroid dienone is 1. The molecule has 48 heavy (non-hydrogen) atoms. The number of aliphatic imine (C=N–C) groups is 1. The van der Waals surface area contributed by atoms with Crippen LogP contribution in [0.2, 0.25) is 0 Å². The van der Waals surface area contributed by atoms with Gasteiger partial charge in [-0.2, -0.15) is 0 Å². The Hall–Kier alpha value is -5.39. The molecule has 0 radical (unpaired) electrons. The number of anilines is 3. The molecule has 2 unspecified atom stereocenters. The van der Waals surface area contributed by atoms with E-state index in [0.29, 0.717) is 61.4 Å². The Bertz CT molecular complexity index is 2120. The number of halogens is 2. The van der Waals surface area contributed by atoms with Gasteiger partial charge in [0.15, 0.2) is 11.6 Å². The van der Waals surface area contributed by atoms with Crippen molar-refractivity contribution in [2.75, 3.05) is 36.4 Å². The third-order valence-electron chi connectivity index (χ3n) is 10.3. The maximum absolute atomic E-state index is 16.6. The van der Waals surface area contributed by atoms with Crippen molar-refractivity contribution in [1.29, 1.82) is 0 Å². The third kappa shape index (κ3) is 4.24. The lowest BCUT2D eigenvalue weighted by molar-refractivity contribution is -0.128. The van der Waals surface area contributed by atoms with E-state index >= 15 is 8.78 Å². The van der Waals surface area contributed by atoms with Crippen molar-refractivity contribution >= 4 is 28.9 Å². The van der Waals surface area contributed by atoms with Gasteiger partial charge in [0.25, 0.3) is 0 Å². The molecule has 2 fully saturated rings. The number of nitrogens with one attached hydrogen (secondary N) is 1. The topological polar surface area (TPSA) is 94.8 Å². The number of fused-ring (bicyclic) bond motifs is 7. The lowest BCUT2D eigenvalue weighted by Crippen LogP contribution is -2.56. The van der Waals surface area contributed by atoms with Crippen molar-refractivity contribution in [2.24, 2.45) is 10.9 Å². The summed E-state index contributed by atoms with van der Waals surface area (Å²) in [5.41, 5.74) is 5.63. The van der Waals surface area contributed by atoms with Crippen LogP contribution in [0.25, 0.3) is 16.9 Å². The molecular formula is C36H33F2N9O. The lowest BCUT2D eigenvalue weighted by Gasteiger charge is -2.43. The van der Waals surface area contributed by atoms with E-state index in [9.17, 15) is 4.79 Å². The zero-order chi connectivity index (χ0) is 32.8. The number of hydrogen-bond donors (Lipinski definition) is 1. The summed E-state index contributed by atoms with van der Waals surface area (Å²) in [6, 6.07) is 12.2. The molecule has 1 amide bonds. The van der Waals surface area contributed by atoms with Gasteiger partial charge >= 0.3 is 0 Å². The van der Waals surface area contributed by atoms with Crippen LogP contribution in [-0.2, 0) is 11.2 Å². The number of aromatic nitrogens is 4. The average Bonchev–Trinajstić information content (AvgIpc) is 3.77. The van der Waals surface area contributed by atoms with Gasteiger partial charge in [-0.3, -0.25) is 9.69 Å². The molecule has 1 saturated heterocycles. The van der Waals surface area contributed by atoms with Crippen LogP contribution in [0.5, 0.6) is 0 Å². The first kappa shape index (κ1) is 28.8. The fourth-order valence-corrected chi connectivity index (χ4v) is 7.79. The highest BCUT2D eigenvalue weighted by Crippen LogP contribution is 2.59. The van der Waals surface area contributed by atoms with Crippen LogP contribution in [0.1, 0.15) is 43.0 Å². The number of amidine groups is 1. The summed E-state index contributed by atoms with van der Waals surface area (Å²) in [7, 11) is 0. The Labute approximate surface area is 276 Å². The summed E-state index contributed by atoms with van der Waals surface area (Å²) in [6.45, 7) is 9.96. The van der Waals surface area contributed by atoms with Gasteiger partial charge in [0.1, 0.15) is 23.2 Å². The van der Waals surface area contributed by atoms with Crippen molar-refractivity contribution in [3.8, 4) is 16.9 Å². The molecule has 1 N–H and O–H groups in total. The average molecular weight is 646 g/mol. The van der Waals surface area contributed by atoms with Gasteiger partial charge in [-0.1, -0.05) is 36.9 Å². The molecule has 6 heterocycles. The number of amides is 1. The van der Waals surface area contributed by atoms with Crippen LogP contribution in [-0.4, -0.2) is 73.7 Å². The number of para-hydroxylation sites is 1. The van der Waals surface area contributed by atoms with E-state index in [4.69, 9.17) is 9.98 Å². The van der Waals surface area contributed by atoms with E-state index in [1.54, 1.807) is 23.2 Å². The van der Waals surface area contributed by atoms with Crippen LogP contribution >= 0.6 is 0 Å². The summed E-state index contributed by atoms with van der Waals surface area (Å²) in [6.07, 6.45) is 4.55. The van der Waals surface area contributed by atoms with Crippen LogP contribution in [0, 0.1) is 17.6 Å². The monoisotopic (exact) mass is 645 g/mol. The minimum Gasteiger partial charge on any atom is -0.383 e. The van der Waals surface area contributed by atoms with Gasteiger partial charge in [0.05, 0.1) is 40.1 Å². The molecule has 1 saturated carbocycles. The highest BCUT2D eigenvalue weighted by molar-refractivity contribution is 6.08. The van der Waals surface area contributed by atoms with E-state index in [2.05, 4.69) is 51.1 Å². The Morgan fingerprint density at radius 2 is 1.96 bits per heavy atom. The van der Waals surface area contributed by atoms with E-state index in [-0.39, 0.29) is 29.1 Å². The number of hydrogen-bond acceptors (Lipinski definition) is 8. The summed E-state index contributed by atoms with van der Waals surface area (Å²) in [5.74, 6) is 0.965. The van der Waals surface area contributed by atoms with Crippen LogP contribution in [0.3, 0.4) is 0 Å². The normalized spacial score (nSPS) is 22.1. The lowest BCUT2D eigenvalue weighted by atomic mass is 9.93. The molecule has 3 atom stereocenters. The van der Waals surface area contributed by atoms with Gasteiger partial charge in [0, 0.05) is 38.6 Å². The second-order valence-electron chi connectivity index (χ2n) is 13.1. The Morgan fingerprint density at radius 1 is 1.10 bits per heavy atom. The van der Waals surface area contributed by atoms with E-state index in [0.717, 1.165) is 34.9 Å². The molecule has 4 bridgehead atoms. The van der Waals surface area contributed by atoms with Gasteiger partial charge in [-0.25, -0.2) is 23.4 Å². The molecule has 12 heteroatoms. The second-order valence-corrected chi connectivity index (χ2v) is 13.1. The van der Waals surface area contributed by atoms with Gasteiger partial charge < -0.3 is 15.1 Å². The summed E-state index contributed by atoms with van der Waals surface area (Å²) in [4.78, 5) is 28.9. The predicted molar refractivity (Wildman–Crippen MR) is 178 cm³/mol. The molecule has 10 nitrogen and oxygen atoms in total. The Kier molecular flexibility index (Phi) is 6.34. The number of nitrogens with zero attached hydrogens (tertiary/aromatic N) is 8. The molecule has 1 aliphatic carbocycles. The molecule has 2 aromatic heterocycles. The standard InChI is InChI=1S/C36H33F2N9O/c1-4-30(48)44-13-14-45(19(2)17-44)34-25-16-27(38)32-31-26(37)8-6-10-29(31)46-18-21(42-43-46)11-12-39-28-9-5-7-22-20(3)23-15-24(23)35(41-34)47(33(22)28)36(25)40-32/h4-10,16,18-20,23,39H,1,11-15,17H2,2-3H3/t19-,20?,23?/m0/s1. The number of pyridine rings is 1. The van der Waals surface area contributed by atoms with Crippen LogP contribution < -0.4 is 10.2 Å². The maximum atomic E-state index is 16.6. The van der Waals surface area contributed by atoms with E-state index < -0.39 is 11.6 Å². The third-order valence-corrected chi connectivity index (χ3v) is 10.3. The molecule has 242 valence electrons. The molecule has 4 aliphatic heterocycles. The van der Waals surface area contributed by atoms with Crippen molar-refractivity contribution in [1.82, 2.24) is 29.8 Å². The smallest absolute Gasteiger partial charge is 0.246 e. The number of benzene rings is 2. The molecule has 9 rings (SSSR count). The summed E-state index contributed by atoms with van der Waals surface area (Å²) < 4.78 is 34.1. The van der Waals surface area contributed by atoms with Crippen molar-refractivity contribution in [3.63, 3.8) is 0 Å². The number of rotatable bonds is 1. The van der Waals surface area contributed by atoms with Crippen molar-refractivity contribution in [2.45, 2.75) is 38.6 Å². The maximum Gasteiger partial charge on any atom is 0.246 e. The quantitative estimate of drug-likeness (QED) is 0.272. The van der Waals surface area contributed by atoms with Crippen LogP contribution in [0.15, 0.2) is 77.7 Å². The first-order valence-electron chi connectivity index (χ1n) is 16.4. The number of carbonyl (C=O) groups is 1. The predicted octanol–water partition coefficient (Wildman–Crippen LogP) is 5.54. The minimum atomic E-state index is -0.677. The summed E-state index contributed by atoms with van der Waals surface area (Å²) >= 11 is 0. The molecule has 0 spiro atoms. The Balaban J connectivity index is 1.32. The highest BCUT2D eigenvalue weighted by atomic mass is 19.1. The molecule has 4 aromatic rings. The first-order valence-corrected chi connectivity index (χ1v) is 16.4. The van der Waals surface area contributed by atoms with Gasteiger partial charge in [0.2, 0.25) is 5.91 Å². The zero-order valence-electron chi connectivity index (χ0n) is 26.6.